The summed E-state index contributed by atoms with van der Waals surface area (Å²) in [6.45, 7) is 6.98. The molecule has 0 atom stereocenters. The quantitative estimate of drug-likeness (QED) is 0.585. The van der Waals surface area contributed by atoms with E-state index >= 15 is 0 Å². The Hall–Kier alpha value is -1.94. The third-order valence-electron chi connectivity index (χ3n) is 4.84. The number of amides is 1. The Kier molecular flexibility index (Phi) is 5.91. The van der Waals surface area contributed by atoms with Crippen molar-refractivity contribution in [3.63, 3.8) is 0 Å². The minimum atomic E-state index is -0.0831. The third kappa shape index (κ3) is 4.32. The SMILES string of the molecule is Cc1noc(C)c1-c1nc(CN2CCCN(C(=O)c3cc(Cl)sc3Cl)CC2)no1. The molecule has 154 valence electrons. The number of aryl methyl sites for hydroxylation is 2. The first-order valence-corrected chi connectivity index (χ1v) is 10.7. The topological polar surface area (TPSA) is 88.5 Å². The minimum Gasteiger partial charge on any atom is -0.361 e. The van der Waals surface area contributed by atoms with Crippen molar-refractivity contribution in [2.45, 2.75) is 26.8 Å². The van der Waals surface area contributed by atoms with Gasteiger partial charge in [-0.2, -0.15) is 4.98 Å². The van der Waals surface area contributed by atoms with Crippen molar-refractivity contribution in [2.24, 2.45) is 0 Å². The van der Waals surface area contributed by atoms with E-state index in [4.69, 9.17) is 32.2 Å². The predicted molar refractivity (Wildman–Crippen MR) is 109 cm³/mol. The highest BCUT2D eigenvalue weighted by Crippen LogP contribution is 2.32. The summed E-state index contributed by atoms with van der Waals surface area (Å²) in [5, 5.41) is 8.01. The molecule has 3 aromatic rings. The van der Waals surface area contributed by atoms with E-state index in [-0.39, 0.29) is 5.91 Å². The standard InChI is InChI=1S/C18H19Cl2N5O3S/c1-10-15(11(2)27-22-10)17-21-14(23-28-17)9-24-4-3-5-25(7-6-24)18(26)12-8-13(19)29-16(12)20/h8H,3-7,9H2,1-2H3. The molecule has 0 N–H and O–H groups in total. The maximum absolute atomic E-state index is 12.8. The Morgan fingerprint density at radius 2 is 2.00 bits per heavy atom. The van der Waals surface area contributed by atoms with Crippen molar-refractivity contribution in [3.05, 3.63) is 37.6 Å². The minimum absolute atomic E-state index is 0.0831. The van der Waals surface area contributed by atoms with Crippen LogP contribution in [0.25, 0.3) is 11.5 Å². The molecular formula is C18H19Cl2N5O3S. The lowest BCUT2D eigenvalue weighted by molar-refractivity contribution is 0.0761. The average molecular weight is 456 g/mol. The van der Waals surface area contributed by atoms with Gasteiger partial charge in [0, 0.05) is 26.2 Å². The van der Waals surface area contributed by atoms with Crippen LogP contribution in [-0.2, 0) is 6.54 Å². The van der Waals surface area contributed by atoms with Crippen LogP contribution in [0.3, 0.4) is 0 Å². The lowest BCUT2D eigenvalue weighted by atomic mass is 10.2. The molecule has 0 aliphatic carbocycles. The lowest BCUT2D eigenvalue weighted by Crippen LogP contribution is -2.35. The smallest absolute Gasteiger partial charge is 0.263 e. The Morgan fingerprint density at radius 3 is 2.69 bits per heavy atom. The van der Waals surface area contributed by atoms with Gasteiger partial charge in [0.2, 0.25) is 0 Å². The number of hydrogen-bond donors (Lipinski definition) is 0. The largest absolute Gasteiger partial charge is 0.361 e. The van der Waals surface area contributed by atoms with Gasteiger partial charge in [-0.3, -0.25) is 9.69 Å². The fraction of sp³-hybridized carbons (Fsp3) is 0.444. The monoisotopic (exact) mass is 455 g/mol. The summed E-state index contributed by atoms with van der Waals surface area (Å²) < 4.78 is 11.5. The number of aromatic nitrogens is 3. The molecular weight excluding hydrogens is 437 g/mol. The van der Waals surface area contributed by atoms with E-state index in [1.165, 1.54) is 11.3 Å². The zero-order chi connectivity index (χ0) is 20.5. The molecule has 0 radical (unpaired) electrons. The van der Waals surface area contributed by atoms with E-state index in [9.17, 15) is 4.79 Å². The van der Waals surface area contributed by atoms with Crippen LogP contribution in [0.15, 0.2) is 15.1 Å². The van der Waals surface area contributed by atoms with Gasteiger partial charge >= 0.3 is 0 Å². The van der Waals surface area contributed by atoms with Crippen molar-refractivity contribution in [3.8, 4) is 11.5 Å². The normalized spacial score (nSPS) is 15.7. The highest BCUT2D eigenvalue weighted by atomic mass is 35.5. The number of halogens is 2. The molecule has 0 spiro atoms. The summed E-state index contributed by atoms with van der Waals surface area (Å²) in [7, 11) is 0. The highest BCUT2D eigenvalue weighted by molar-refractivity contribution is 7.20. The van der Waals surface area contributed by atoms with E-state index in [0.29, 0.717) is 63.6 Å². The second-order valence-corrected chi connectivity index (χ2v) is 9.16. The summed E-state index contributed by atoms with van der Waals surface area (Å²) in [6.07, 6.45) is 0.843. The van der Waals surface area contributed by atoms with E-state index in [1.54, 1.807) is 6.07 Å². The molecule has 1 fully saturated rings. The average Bonchev–Trinajstić information content (AvgIpc) is 3.30. The Labute approximate surface area is 181 Å². The van der Waals surface area contributed by atoms with E-state index < -0.39 is 0 Å². The number of hydrogen-bond acceptors (Lipinski definition) is 8. The summed E-state index contributed by atoms with van der Waals surface area (Å²) >= 11 is 13.3. The fourth-order valence-corrected chi connectivity index (χ4v) is 4.84. The molecule has 1 aliphatic heterocycles. The van der Waals surface area contributed by atoms with Gasteiger partial charge in [-0.1, -0.05) is 33.5 Å². The first kappa shape index (κ1) is 20.3. The molecule has 8 nitrogen and oxygen atoms in total. The predicted octanol–water partition coefficient (Wildman–Crippen LogP) is 4.06. The van der Waals surface area contributed by atoms with Gasteiger partial charge in [0.15, 0.2) is 5.82 Å². The lowest BCUT2D eigenvalue weighted by Gasteiger charge is -2.21. The number of rotatable bonds is 4. The van der Waals surface area contributed by atoms with Gasteiger partial charge in [0.1, 0.15) is 15.7 Å². The number of nitrogens with zero attached hydrogens (tertiary/aromatic N) is 5. The van der Waals surface area contributed by atoms with Gasteiger partial charge in [-0.15, -0.1) is 11.3 Å². The summed E-state index contributed by atoms with van der Waals surface area (Å²) in [5.74, 6) is 1.56. The van der Waals surface area contributed by atoms with Crippen LogP contribution in [0, 0.1) is 13.8 Å². The molecule has 1 saturated heterocycles. The van der Waals surface area contributed by atoms with Gasteiger partial charge in [0.25, 0.3) is 11.8 Å². The van der Waals surface area contributed by atoms with Gasteiger partial charge in [0.05, 0.1) is 22.1 Å². The van der Waals surface area contributed by atoms with Crippen LogP contribution >= 0.6 is 34.5 Å². The van der Waals surface area contributed by atoms with Crippen molar-refractivity contribution in [1.29, 1.82) is 0 Å². The zero-order valence-corrected chi connectivity index (χ0v) is 18.3. The molecule has 4 heterocycles. The van der Waals surface area contributed by atoms with Crippen molar-refractivity contribution >= 4 is 40.4 Å². The molecule has 29 heavy (non-hydrogen) atoms. The van der Waals surface area contributed by atoms with Crippen LogP contribution in [0.4, 0.5) is 0 Å². The van der Waals surface area contributed by atoms with Crippen LogP contribution in [0.5, 0.6) is 0 Å². The summed E-state index contributed by atoms with van der Waals surface area (Å²) in [6, 6.07) is 1.63. The number of carbonyl (C=O) groups excluding carboxylic acids is 1. The Balaban J connectivity index is 1.39. The summed E-state index contributed by atoms with van der Waals surface area (Å²) in [4.78, 5) is 21.3. The second-order valence-electron chi connectivity index (χ2n) is 6.87. The number of thiophene rings is 1. The highest BCUT2D eigenvalue weighted by Gasteiger charge is 2.25. The van der Waals surface area contributed by atoms with Crippen LogP contribution in [0.2, 0.25) is 8.67 Å². The van der Waals surface area contributed by atoms with Crippen LogP contribution in [-0.4, -0.2) is 57.2 Å². The van der Waals surface area contributed by atoms with Crippen LogP contribution < -0.4 is 0 Å². The molecule has 0 saturated carbocycles. The molecule has 4 rings (SSSR count). The van der Waals surface area contributed by atoms with E-state index in [0.717, 1.165) is 18.5 Å². The number of carbonyl (C=O) groups is 1. The van der Waals surface area contributed by atoms with Gasteiger partial charge < -0.3 is 13.9 Å². The van der Waals surface area contributed by atoms with Crippen molar-refractivity contribution in [1.82, 2.24) is 25.1 Å². The second kappa shape index (κ2) is 8.43. The molecule has 0 unspecified atom stereocenters. The molecule has 1 amide bonds. The van der Waals surface area contributed by atoms with E-state index in [2.05, 4.69) is 20.2 Å². The van der Waals surface area contributed by atoms with Crippen molar-refractivity contribution in [2.75, 3.05) is 26.2 Å². The first-order chi connectivity index (χ1) is 13.9. The molecule has 1 aliphatic rings. The van der Waals surface area contributed by atoms with Crippen LogP contribution in [0.1, 0.15) is 34.1 Å². The Morgan fingerprint density at radius 1 is 1.17 bits per heavy atom. The molecule has 0 bridgehead atoms. The molecule has 0 aromatic carbocycles. The molecule has 11 heteroatoms. The zero-order valence-electron chi connectivity index (χ0n) is 15.9. The van der Waals surface area contributed by atoms with Gasteiger partial charge in [-0.05, 0) is 26.3 Å². The first-order valence-electron chi connectivity index (χ1n) is 9.14. The Bertz CT molecular complexity index is 1010. The van der Waals surface area contributed by atoms with E-state index in [1.807, 2.05) is 18.7 Å². The third-order valence-corrected chi connectivity index (χ3v) is 6.33. The molecule has 3 aromatic heterocycles. The maximum Gasteiger partial charge on any atom is 0.263 e. The summed E-state index contributed by atoms with van der Waals surface area (Å²) in [5.41, 5.74) is 1.92. The maximum atomic E-state index is 12.8. The van der Waals surface area contributed by atoms with Gasteiger partial charge in [-0.25, -0.2) is 0 Å². The fourth-order valence-electron chi connectivity index (χ4n) is 3.40. The van der Waals surface area contributed by atoms with Crippen molar-refractivity contribution < 1.29 is 13.8 Å².